The molecule has 0 radical (unpaired) electrons. The van der Waals surface area contributed by atoms with Crippen LogP contribution in [-0.2, 0) is 12.7 Å². The lowest BCUT2D eigenvalue weighted by Gasteiger charge is -2.23. The largest absolute Gasteiger partial charge is 0.416 e. The summed E-state index contributed by atoms with van der Waals surface area (Å²) in [6.07, 6.45) is -2.03. The van der Waals surface area contributed by atoms with Crippen LogP contribution in [0.5, 0.6) is 0 Å². The molecular weight excluding hydrogens is 421 g/mol. The fourth-order valence-corrected chi connectivity index (χ4v) is 3.73. The molecule has 0 aliphatic carbocycles. The van der Waals surface area contributed by atoms with Gasteiger partial charge in [-0.3, -0.25) is 0 Å². The average molecular weight is 441 g/mol. The summed E-state index contributed by atoms with van der Waals surface area (Å²) in [5.74, 6) is 0.987. The van der Waals surface area contributed by atoms with Gasteiger partial charge in [0, 0.05) is 32.9 Å². The van der Waals surface area contributed by atoms with E-state index in [-0.39, 0.29) is 11.7 Å². The molecular formula is C19H20F5N7. The highest BCUT2D eigenvalue weighted by Gasteiger charge is 2.31. The number of fused-ring (bicyclic) bond motifs is 1. The van der Waals surface area contributed by atoms with Crippen LogP contribution in [0.3, 0.4) is 0 Å². The maximum atomic E-state index is 12.9. The molecule has 1 aliphatic rings. The molecule has 31 heavy (non-hydrogen) atoms. The van der Waals surface area contributed by atoms with Gasteiger partial charge in [0.25, 0.3) is 6.43 Å². The number of alkyl halides is 5. The van der Waals surface area contributed by atoms with Crippen molar-refractivity contribution in [2.75, 3.05) is 36.5 Å². The SMILES string of the molecule is CN(C[C@@H]1CCN(c2cnc3cnn(CC(F)F)c3n2)C1)c1cc(C(F)(F)F)ccn1. The Bertz CT molecular complexity index is 1050. The van der Waals surface area contributed by atoms with Crippen molar-refractivity contribution in [3.63, 3.8) is 0 Å². The van der Waals surface area contributed by atoms with E-state index >= 15 is 0 Å². The average Bonchev–Trinajstić information content (AvgIpc) is 3.34. The molecule has 0 amide bonds. The summed E-state index contributed by atoms with van der Waals surface area (Å²) in [6, 6.07) is 1.98. The van der Waals surface area contributed by atoms with Crippen molar-refractivity contribution >= 4 is 22.8 Å². The van der Waals surface area contributed by atoms with Gasteiger partial charge in [-0.2, -0.15) is 18.3 Å². The highest BCUT2D eigenvalue weighted by Crippen LogP contribution is 2.31. The van der Waals surface area contributed by atoms with Gasteiger partial charge >= 0.3 is 6.18 Å². The molecule has 4 heterocycles. The van der Waals surface area contributed by atoms with Crippen LogP contribution in [0.15, 0.2) is 30.7 Å². The van der Waals surface area contributed by atoms with E-state index in [0.29, 0.717) is 36.6 Å². The van der Waals surface area contributed by atoms with E-state index in [9.17, 15) is 22.0 Å². The lowest BCUT2D eigenvalue weighted by Crippen LogP contribution is -2.29. The zero-order chi connectivity index (χ0) is 22.2. The molecule has 166 valence electrons. The van der Waals surface area contributed by atoms with Crippen LogP contribution < -0.4 is 9.80 Å². The van der Waals surface area contributed by atoms with Gasteiger partial charge in [-0.15, -0.1) is 0 Å². The number of pyridine rings is 1. The number of hydrogen-bond donors (Lipinski definition) is 0. The number of aromatic nitrogens is 5. The van der Waals surface area contributed by atoms with Crippen molar-refractivity contribution in [3.05, 3.63) is 36.3 Å². The summed E-state index contributed by atoms with van der Waals surface area (Å²) in [5.41, 5.74) is 0.00317. The molecule has 3 aromatic heterocycles. The van der Waals surface area contributed by atoms with E-state index in [1.807, 2.05) is 4.90 Å². The van der Waals surface area contributed by atoms with E-state index in [0.717, 1.165) is 29.4 Å². The summed E-state index contributed by atoms with van der Waals surface area (Å²) in [7, 11) is 1.71. The van der Waals surface area contributed by atoms with Crippen molar-refractivity contribution in [2.24, 2.45) is 5.92 Å². The number of halogens is 5. The molecule has 0 saturated carbocycles. The highest BCUT2D eigenvalue weighted by atomic mass is 19.4. The quantitative estimate of drug-likeness (QED) is 0.546. The predicted molar refractivity (Wildman–Crippen MR) is 104 cm³/mol. The summed E-state index contributed by atoms with van der Waals surface area (Å²) in [5, 5.41) is 3.91. The fraction of sp³-hybridized carbons (Fsp3) is 0.474. The molecule has 0 aromatic carbocycles. The van der Waals surface area contributed by atoms with Crippen LogP contribution in [-0.4, -0.2) is 57.8 Å². The highest BCUT2D eigenvalue weighted by molar-refractivity contribution is 5.71. The Morgan fingerprint density at radius 2 is 2.03 bits per heavy atom. The first-order valence-electron chi connectivity index (χ1n) is 9.67. The van der Waals surface area contributed by atoms with Gasteiger partial charge in [0.2, 0.25) is 0 Å². The second-order valence-corrected chi connectivity index (χ2v) is 7.54. The lowest BCUT2D eigenvalue weighted by molar-refractivity contribution is -0.137. The van der Waals surface area contributed by atoms with Gasteiger partial charge in [0.15, 0.2) is 5.65 Å². The smallest absolute Gasteiger partial charge is 0.359 e. The van der Waals surface area contributed by atoms with E-state index in [2.05, 4.69) is 20.1 Å². The van der Waals surface area contributed by atoms with E-state index in [4.69, 9.17) is 0 Å². The fourth-order valence-electron chi connectivity index (χ4n) is 3.73. The zero-order valence-electron chi connectivity index (χ0n) is 16.6. The Balaban J connectivity index is 1.44. The van der Waals surface area contributed by atoms with Crippen LogP contribution in [0.1, 0.15) is 12.0 Å². The molecule has 0 spiro atoms. The molecule has 0 N–H and O–H groups in total. The summed E-state index contributed by atoms with van der Waals surface area (Å²) < 4.78 is 65.5. The van der Waals surface area contributed by atoms with Crippen LogP contribution in [0, 0.1) is 5.92 Å². The first-order valence-corrected chi connectivity index (χ1v) is 9.67. The molecule has 1 aliphatic heterocycles. The summed E-state index contributed by atoms with van der Waals surface area (Å²) in [4.78, 5) is 16.5. The molecule has 7 nitrogen and oxygen atoms in total. The third-order valence-electron chi connectivity index (χ3n) is 5.25. The minimum absolute atomic E-state index is 0.171. The molecule has 0 unspecified atom stereocenters. The zero-order valence-corrected chi connectivity index (χ0v) is 16.6. The van der Waals surface area contributed by atoms with E-state index in [1.165, 1.54) is 6.20 Å². The van der Waals surface area contributed by atoms with Gasteiger partial charge in [0.1, 0.15) is 23.7 Å². The molecule has 3 aromatic rings. The van der Waals surface area contributed by atoms with E-state index in [1.54, 1.807) is 18.1 Å². The topological polar surface area (TPSA) is 63.0 Å². The molecule has 1 saturated heterocycles. The van der Waals surface area contributed by atoms with Crippen LogP contribution in [0.4, 0.5) is 33.6 Å². The Kier molecular flexibility index (Phi) is 5.63. The van der Waals surface area contributed by atoms with Gasteiger partial charge in [0.05, 0.1) is 18.0 Å². The third-order valence-corrected chi connectivity index (χ3v) is 5.25. The molecule has 0 bridgehead atoms. The minimum atomic E-state index is -4.42. The number of hydrogen-bond acceptors (Lipinski definition) is 6. The van der Waals surface area contributed by atoms with Crippen molar-refractivity contribution in [2.45, 2.75) is 25.6 Å². The standard InChI is InChI=1S/C19H20F5N7/c1-29(16-6-13(2-4-25-16)19(22,23)24)9-12-3-5-30(10-12)17-8-26-14-7-27-31(11-15(20)21)18(14)28-17/h2,4,6-8,12,15H,3,5,9-11H2,1H3/t12-/m0/s1. The molecule has 1 atom stereocenters. The van der Waals surface area contributed by atoms with Crippen LogP contribution in [0.25, 0.3) is 11.2 Å². The van der Waals surface area contributed by atoms with Crippen molar-refractivity contribution in [1.29, 1.82) is 0 Å². The first-order chi connectivity index (χ1) is 14.7. The van der Waals surface area contributed by atoms with Crippen molar-refractivity contribution < 1.29 is 22.0 Å². The predicted octanol–water partition coefficient (Wildman–Crippen LogP) is 3.47. The minimum Gasteiger partial charge on any atom is -0.359 e. The van der Waals surface area contributed by atoms with E-state index < -0.39 is 24.7 Å². The number of anilines is 2. The first kappa shape index (κ1) is 21.2. The summed E-state index contributed by atoms with van der Waals surface area (Å²) >= 11 is 0. The molecule has 1 fully saturated rings. The number of rotatable bonds is 6. The second-order valence-electron chi connectivity index (χ2n) is 7.54. The van der Waals surface area contributed by atoms with Crippen LogP contribution >= 0.6 is 0 Å². The monoisotopic (exact) mass is 441 g/mol. The van der Waals surface area contributed by atoms with Gasteiger partial charge in [-0.25, -0.2) is 28.4 Å². The lowest BCUT2D eigenvalue weighted by atomic mass is 10.1. The number of nitrogens with zero attached hydrogens (tertiary/aromatic N) is 7. The Morgan fingerprint density at radius 3 is 2.77 bits per heavy atom. The maximum Gasteiger partial charge on any atom is 0.416 e. The summed E-state index contributed by atoms with van der Waals surface area (Å²) in [6.45, 7) is 1.26. The van der Waals surface area contributed by atoms with Crippen molar-refractivity contribution in [1.82, 2.24) is 24.7 Å². The molecule has 4 rings (SSSR count). The second kappa shape index (κ2) is 8.23. The third kappa shape index (κ3) is 4.67. The van der Waals surface area contributed by atoms with Gasteiger partial charge in [-0.05, 0) is 24.5 Å². The van der Waals surface area contributed by atoms with Crippen LogP contribution in [0.2, 0.25) is 0 Å². The Hall–Kier alpha value is -3.05. The maximum absolute atomic E-state index is 12.9. The normalized spacial score (nSPS) is 17.1. The Morgan fingerprint density at radius 1 is 1.23 bits per heavy atom. The van der Waals surface area contributed by atoms with Gasteiger partial charge < -0.3 is 9.80 Å². The molecule has 12 heteroatoms. The van der Waals surface area contributed by atoms with Crippen molar-refractivity contribution in [3.8, 4) is 0 Å². The Labute approximate surface area is 174 Å². The van der Waals surface area contributed by atoms with Gasteiger partial charge in [-0.1, -0.05) is 0 Å².